The molecule has 2 aromatic carbocycles. The second-order valence-electron chi connectivity index (χ2n) is 6.64. The Labute approximate surface area is 174 Å². The number of aryl methyl sites for hydroxylation is 2. The molecule has 0 saturated carbocycles. The number of halogens is 1. The maximum absolute atomic E-state index is 12.7. The molecule has 1 atom stereocenters. The monoisotopic (exact) mass is 415 g/mol. The molecule has 0 radical (unpaired) electrons. The van der Waals surface area contributed by atoms with Gasteiger partial charge in [0.1, 0.15) is 5.25 Å². The zero-order valence-corrected chi connectivity index (χ0v) is 17.6. The Morgan fingerprint density at radius 1 is 1.21 bits per heavy atom. The molecule has 1 aliphatic rings. The first-order valence-electron chi connectivity index (χ1n) is 9.06. The lowest BCUT2D eigenvalue weighted by atomic mass is 10.2. The topological polar surface area (TPSA) is 61.8 Å². The minimum absolute atomic E-state index is 0.0940. The van der Waals surface area contributed by atoms with Gasteiger partial charge in [-0.2, -0.15) is 0 Å². The van der Waals surface area contributed by atoms with Crippen LogP contribution in [0.3, 0.4) is 0 Å². The van der Waals surface area contributed by atoms with Gasteiger partial charge in [0, 0.05) is 23.7 Å². The molecule has 7 heteroatoms. The van der Waals surface area contributed by atoms with Crippen molar-refractivity contribution in [3.63, 3.8) is 0 Å². The van der Waals surface area contributed by atoms with Gasteiger partial charge in [-0.05, 0) is 50.6 Å². The number of aliphatic imine (C=N–C) groups is 1. The van der Waals surface area contributed by atoms with Crippen LogP contribution in [0, 0.1) is 13.8 Å². The number of rotatable bonds is 5. The molecule has 3 rings (SSSR count). The third-order valence-electron chi connectivity index (χ3n) is 4.42. The van der Waals surface area contributed by atoms with Gasteiger partial charge in [0.2, 0.25) is 11.8 Å². The lowest BCUT2D eigenvalue weighted by molar-refractivity contribution is -0.128. The second kappa shape index (κ2) is 8.80. The van der Waals surface area contributed by atoms with Crippen molar-refractivity contribution in [1.29, 1.82) is 0 Å². The summed E-state index contributed by atoms with van der Waals surface area (Å²) in [4.78, 5) is 31.3. The van der Waals surface area contributed by atoms with Crippen LogP contribution in [0.4, 0.5) is 11.4 Å². The summed E-state index contributed by atoms with van der Waals surface area (Å²) in [7, 11) is 0. The summed E-state index contributed by atoms with van der Waals surface area (Å²) in [6.45, 7) is 6.31. The van der Waals surface area contributed by atoms with Crippen molar-refractivity contribution in [2.45, 2.75) is 32.4 Å². The number of hydrogen-bond acceptors (Lipinski definition) is 4. The molecular weight excluding hydrogens is 394 g/mol. The maximum Gasteiger partial charge on any atom is 0.242 e. The van der Waals surface area contributed by atoms with Gasteiger partial charge >= 0.3 is 0 Å². The highest BCUT2D eigenvalue weighted by molar-refractivity contribution is 8.15. The van der Waals surface area contributed by atoms with Crippen LogP contribution in [-0.2, 0) is 9.59 Å². The van der Waals surface area contributed by atoms with E-state index in [9.17, 15) is 9.59 Å². The van der Waals surface area contributed by atoms with E-state index in [1.54, 1.807) is 11.0 Å². The maximum atomic E-state index is 12.7. The lowest BCUT2D eigenvalue weighted by Gasteiger charge is -2.13. The Bertz CT molecular complexity index is 928. The number of amidine groups is 1. The predicted molar refractivity (Wildman–Crippen MR) is 116 cm³/mol. The molecule has 0 bridgehead atoms. The predicted octanol–water partition coefficient (Wildman–Crippen LogP) is 4.94. The zero-order valence-electron chi connectivity index (χ0n) is 16.0. The summed E-state index contributed by atoms with van der Waals surface area (Å²) in [6.07, 6.45) is 0.0988. The van der Waals surface area contributed by atoms with Crippen LogP contribution >= 0.6 is 23.4 Å². The summed E-state index contributed by atoms with van der Waals surface area (Å²) in [5.41, 5.74) is 3.50. The zero-order chi connectivity index (χ0) is 20.3. The number of carbonyl (C=O) groups is 2. The first-order chi connectivity index (χ1) is 13.4. The smallest absolute Gasteiger partial charge is 0.242 e. The van der Waals surface area contributed by atoms with Gasteiger partial charge in [-0.3, -0.25) is 14.5 Å². The van der Waals surface area contributed by atoms with Gasteiger partial charge in [0.15, 0.2) is 5.17 Å². The van der Waals surface area contributed by atoms with Gasteiger partial charge in [-0.1, -0.05) is 47.1 Å². The van der Waals surface area contributed by atoms with Gasteiger partial charge in [0.25, 0.3) is 0 Å². The number of carbonyl (C=O) groups excluding carboxylic acids is 2. The summed E-state index contributed by atoms with van der Waals surface area (Å²) in [5, 5.41) is 3.60. The highest BCUT2D eigenvalue weighted by atomic mass is 35.5. The van der Waals surface area contributed by atoms with E-state index in [1.165, 1.54) is 11.8 Å². The van der Waals surface area contributed by atoms with E-state index < -0.39 is 5.25 Å². The van der Waals surface area contributed by atoms with Crippen molar-refractivity contribution in [2.24, 2.45) is 4.99 Å². The molecule has 2 amide bonds. The number of thioether (sulfide) groups is 1. The van der Waals surface area contributed by atoms with Crippen molar-refractivity contribution in [1.82, 2.24) is 4.90 Å². The van der Waals surface area contributed by atoms with Crippen LogP contribution in [0.5, 0.6) is 0 Å². The normalized spacial score (nSPS) is 18.0. The van der Waals surface area contributed by atoms with Gasteiger partial charge in [-0.25, -0.2) is 4.99 Å². The summed E-state index contributed by atoms with van der Waals surface area (Å²) >= 11 is 7.49. The SMILES string of the molecule is CCN1C(=O)[C@H](CC(=O)Nc2ccc(C)cc2)SC1=Nc1ccc(C)c(Cl)c1. The highest BCUT2D eigenvalue weighted by Crippen LogP contribution is 2.32. The molecular formula is C21H22ClN3O2S. The van der Waals surface area contributed by atoms with Gasteiger partial charge < -0.3 is 5.32 Å². The molecule has 2 aromatic rings. The molecule has 0 spiro atoms. The van der Waals surface area contributed by atoms with Gasteiger partial charge in [-0.15, -0.1) is 0 Å². The van der Waals surface area contributed by atoms with Crippen LogP contribution in [-0.4, -0.2) is 33.7 Å². The fourth-order valence-electron chi connectivity index (χ4n) is 2.80. The average Bonchev–Trinajstić information content (AvgIpc) is 2.94. The molecule has 0 unspecified atom stereocenters. The Morgan fingerprint density at radius 3 is 2.57 bits per heavy atom. The third kappa shape index (κ3) is 4.75. The van der Waals surface area contributed by atoms with Crippen molar-refractivity contribution >= 4 is 51.7 Å². The molecule has 1 heterocycles. The summed E-state index contributed by atoms with van der Waals surface area (Å²) in [5.74, 6) is -0.283. The van der Waals surface area contributed by atoms with Crippen LogP contribution < -0.4 is 5.32 Å². The minimum atomic E-state index is -0.481. The number of benzene rings is 2. The van der Waals surface area contributed by atoms with Crippen molar-refractivity contribution in [3.05, 3.63) is 58.6 Å². The molecule has 146 valence electrons. The quantitative estimate of drug-likeness (QED) is 0.752. The number of amides is 2. The second-order valence-corrected chi connectivity index (χ2v) is 8.21. The molecule has 0 aliphatic carbocycles. The fourth-order valence-corrected chi connectivity index (χ4v) is 4.19. The molecule has 0 aromatic heterocycles. The number of hydrogen-bond donors (Lipinski definition) is 1. The minimum Gasteiger partial charge on any atom is -0.326 e. The first kappa shape index (κ1) is 20.4. The van der Waals surface area contributed by atoms with E-state index in [0.717, 1.165) is 16.8 Å². The number of nitrogens with one attached hydrogen (secondary N) is 1. The Hall–Kier alpha value is -2.31. The van der Waals surface area contributed by atoms with E-state index in [-0.39, 0.29) is 18.2 Å². The lowest BCUT2D eigenvalue weighted by Crippen LogP contribution is -2.33. The molecule has 5 nitrogen and oxygen atoms in total. The number of nitrogens with zero attached hydrogens (tertiary/aromatic N) is 2. The molecule has 1 saturated heterocycles. The van der Waals surface area contributed by atoms with Crippen LogP contribution in [0.1, 0.15) is 24.5 Å². The fraction of sp³-hybridized carbons (Fsp3) is 0.286. The molecule has 28 heavy (non-hydrogen) atoms. The molecule has 1 aliphatic heterocycles. The van der Waals surface area contributed by atoms with E-state index in [0.29, 0.717) is 22.4 Å². The largest absolute Gasteiger partial charge is 0.326 e. The number of anilines is 1. The Morgan fingerprint density at radius 2 is 1.93 bits per heavy atom. The first-order valence-corrected chi connectivity index (χ1v) is 10.3. The van der Waals surface area contributed by atoms with Crippen molar-refractivity contribution in [2.75, 3.05) is 11.9 Å². The Balaban J connectivity index is 1.71. The summed E-state index contributed by atoms with van der Waals surface area (Å²) < 4.78 is 0. The van der Waals surface area contributed by atoms with E-state index >= 15 is 0 Å². The standard InChI is InChI=1S/C21H22ClN3O2S/c1-4-25-20(27)18(12-19(26)23-15-8-5-13(2)6-9-15)28-21(25)24-16-10-7-14(3)17(22)11-16/h5-11,18H,4,12H2,1-3H3,(H,23,26)/t18-/m0/s1. The van der Waals surface area contributed by atoms with E-state index in [2.05, 4.69) is 10.3 Å². The van der Waals surface area contributed by atoms with Crippen molar-refractivity contribution in [3.8, 4) is 0 Å². The highest BCUT2D eigenvalue weighted by Gasteiger charge is 2.38. The van der Waals surface area contributed by atoms with Crippen LogP contribution in [0.25, 0.3) is 0 Å². The average molecular weight is 416 g/mol. The third-order valence-corrected chi connectivity index (χ3v) is 6.01. The molecule has 1 N–H and O–H groups in total. The van der Waals surface area contributed by atoms with Crippen LogP contribution in [0.2, 0.25) is 5.02 Å². The van der Waals surface area contributed by atoms with Crippen LogP contribution in [0.15, 0.2) is 47.5 Å². The van der Waals surface area contributed by atoms with E-state index in [1.807, 2.05) is 57.2 Å². The van der Waals surface area contributed by atoms with Crippen molar-refractivity contribution < 1.29 is 9.59 Å². The Kier molecular flexibility index (Phi) is 6.42. The molecule has 1 fully saturated rings. The van der Waals surface area contributed by atoms with E-state index in [4.69, 9.17) is 11.6 Å². The summed E-state index contributed by atoms with van der Waals surface area (Å²) in [6, 6.07) is 13.1. The van der Waals surface area contributed by atoms with Gasteiger partial charge in [0.05, 0.1) is 5.69 Å².